The van der Waals surface area contributed by atoms with E-state index >= 15 is 0 Å². The maximum atomic E-state index is 13.3. The highest BCUT2D eigenvalue weighted by atomic mass is 19.1. The van der Waals surface area contributed by atoms with E-state index in [1.54, 1.807) is 0 Å². The quantitative estimate of drug-likeness (QED) is 0.662. The molecule has 0 radical (unpaired) electrons. The van der Waals surface area contributed by atoms with Crippen LogP contribution in [0.5, 0.6) is 0 Å². The van der Waals surface area contributed by atoms with Gasteiger partial charge in [0.2, 0.25) is 0 Å². The number of hydrogen-bond acceptors (Lipinski definition) is 2. The van der Waals surface area contributed by atoms with E-state index in [4.69, 9.17) is 0 Å². The fourth-order valence-electron chi connectivity index (χ4n) is 1.85. The lowest BCUT2D eigenvalue weighted by molar-refractivity contribution is 0.143. The minimum Gasteiger partial charge on any atom is -0.312 e. The molecular formula is C9H17FN2. The van der Waals surface area contributed by atoms with Crippen LogP contribution in [0.1, 0.15) is 19.8 Å². The van der Waals surface area contributed by atoms with Gasteiger partial charge in [0.1, 0.15) is 5.67 Å². The molecule has 0 aromatic heterocycles. The first kappa shape index (κ1) is 8.45. The second-order valence-electron chi connectivity index (χ2n) is 4.24. The molecule has 1 aliphatic heterocycles. The highest BCUT2D eigenvalue weighted by molar-refractivity contribution is 4.97. The third kappa shape index (κ3) is 1.96. The Morgan fingerprint density at radius 2 is 2.33 bits per heavy atom. The van der Waals surface area contributed by atoms with Crippen molar-refractivity contribution in [2.24, 2.45) is 0 Å². The Morgan fingerprint density at radius 1 is 1.58 bits per heavy atom. The van der Waals surface area contributed by atoms with E-state index in [1.807, 2.05) is 0 Å². The van der Waals surface area contributed by atoms with Crippen LogP contribution in [-0.2, 0) is 0 Å². The van der Waals surface area contributed by atoms with Gasteiger partial charge >= 0.3 is 0 Å². The molecule has 1 aliphatic carbocycles. The van der Waals surface area contributed by atoms with Crippen LogP contribution in [0.3, 0.4) is 0 Å². The van der Waals surface area contributed by atoms with Gasteiger partial charge in [-0.25, -0.2) is 4.39 Å². The summed E-state index contributed by atoms with van der Waals surface area (Å²) in [5, 5.41) is 3.35. The Bertz CT molecular complexity index is 168. The zero-order valence-electron chi connectivity index (χ0n) is 7.65. The summed E-state index contributed by atoms with van der Waals surface area (Å²) in [6.45, 7) is 5.85. The molecule has 1 heterocycles. The topological polar surface area (TPSA) is 15.3 Å². The number of rotatable bonds is 2. The lowest BCUT2D eigenvalue weighted by atomic mass is 10.2. The number of alkyl halides is 1. The molecule has 0 aromatic carbocycles. The van der Waals surface area contributed by atoms with E-state index in [0.29, 0.717) is 12.6 Å². The number of nitrogens with zero attached hydrogens (tertiary/aromatic N) is 1. The Balaban J connectivity index is 1.79. The van der Waals surface area contributed by atoms with Crippen molar-refractivity contribution < 1.29 is 4.39 Å². The van der Waals surface area contributed by atoms with Crippen molar-refractivity contribution in [3.63, 3.8) is 0 Å². The van der Waals surface area contributed by atoms with Crippen molar-refractivity contribution >= 4 is 0 Å². The first-order valence-electron chi connectivity index (χ1n) is 4.83. The molecule has 1 saturated heterocycles. The third-order valence-electron chi connectivity index (χ3n) is 2.75. The van der Waals surface area contributed by atoms with E-state index in [0.717, 1.165) is 32.5 Å². The summed E-state index contributed by atoms with van der Waals surface area (Å²) in [5.41, 5.74) is -0.808. The molecule has 70 valence electrons. The Hall–Kier alpha value is -0.150. The van der Waals surface area contributed by atoms with Gasteiger partial charge in [-0.15, -0.1) is 0 Å². The summed E-state index contributed by atoms with van der Waals surface area (Å²) < 4.78 is 13.3. The highest BCUT2D eigenvalue weighted by Crippen LogP contribution is 2.40. The van der Waals surface area contributed by atoms with Gasteiger partial charge in [-0.3, -0.25) is 4.90 Å². The van der Waals surface area contributed by atoms with Crippen LogP contribution in [0.15, 0.2) is 0 Å². The molecule has 1 atom stereocenters. The predicted octanol–water partition coefficient (Wildman–Crippen LogP) is 0.782. The average molecular weight is 172 g/mol. The highest BCUT2D eigenvalue weighted by Gasteiger charge is 2.44. The lowest BCUT2D eigenvalue weighted by Gasteiger charge is -2.32. The Labute approximate surface area is 73.1 Å². The van der Waals surface area contributed by atoms with E-state index in [2.05, 4.69) is 17.1 Å². The summed E-state index contributed by atoms with van der Waals surface area (Å²) in [7, 11) is 0. The lowest BCUT2D eigenvalue weighted by Crippen LogP contribution is -2.51. The molecule has 1 unspecified atom stereocenters. The second kappa shape index (κ2) is 2.96. The van der Waals surface area contributed by atoms with E-state index in [1.165, 1.54) is 0 Å². The van der Waals surface area contributed by atoms with Crippen LogP contribution in [-0.4, -0.2) is 42.8 Å². The van der Waals surface area contributed by atoms with E-state index in [9.17, 15) is 4.39 Å². The predicted molar refractivity (Wildman–Crippen MR) is 47.0 cm³/mol. The average Bonchev–Trinajstić information content (AvgIpc) is 2.67. The fraction of sp³-hybridized carbons (Fsp3) is 1.00. The van der Waals surface area contributed by atoms with Gasteiger partial charge < -0.3 is 5.32 Å². The van der Waals surface area contributed by atoms with Crippen molar-refractivity contribution in [2.75, 3.05) is 26.2 Å². The van der Waals surface area contributed by atoms with Gasteiger partial charge in [0.05, 0.1) is 0 Å². The Kier molecular flexibility index (Phi) is 2.09. The molecule has 0 spiro atoms. The van der Waals surface area contributed by atoms with Crippen LogP contribution in [0, 0.1) is 0 Å². The SMILES string of the molecule is CC1CN(CC2(F)CC2)CCN1. The smallest absolute Gasteiger partial charge is 0.123 e. The van der Waals surface area contributed by atoms with Crippen molar-refractivity contribution in [3.05, 3.63) is 0 Å². The van der Waals surface area contributed by atoms with Gasteiger partial charge in [0.15, 0.2) is 0 Å². The van der Waals surface area contributed by atoms with Gasteiger partial charge in [-0.05, 0) is 19.8 Å². The molecule has 12 heavy (non-hydrogen) atoms. The largest absolute Gasteiger partial charge is 0.312 e. The molecule has 1 N–H and O–H groups in total. The molecule has 2 aliphatic rings. The van der Waals surface area contributed by atoms with Crippen LogP contribution in [0.4, 0.5) is 4.39 Å². The maximum absolute atomic E-state index is 13.3. The summed E-state index contributed by atoms with van der Waals surface area (Å²) in [4.78, 5) is 2.24. The molecule has 2 rings (SSSR count). The molecule has 2 fully saturated rings. The van der Waals surface area contributed by atoms with Gasteiger partial charge in [-0.1, -0.05) is 0 Å². The van der Waals surface area contributed by atoms with Gasteiger partial charge in [-0.2, -0.15) is 0 Å². The molecule has 0 amide bonds. The summed E-state index contributed by atoms with van der Waals surface area (Å²) in [6.07, 6.45) is 1.57. The molecule has 2 nitrogen and oxygen atoms in total. The van der Waals surface area contributed by atoms with Crippen molar-refractivity contribution in [1.82, 2.24) is 10.2 Å². The summed E-state index contributed by atoms with van der Waals surface area (Å²) >= 11 is 0. The number of piperazine rings is 1. The zero-order chi connectivity index (χ0) is 8.60. The minimum atomic E-state index is -0.808. The van der Waals surface area contributed by atoms with Gasteiger partial charge in [0, 0.05) is 32.2 Å². The first-order valence-corrected chi connectivity index (χ1v) is 4.83. The number of hydrogen-bond donors (Lipinski definition) is 1. The zero-order valence-corrected chi connectivity index (χ0v) is 7.65. The summed E-state index contributed by atoms with van der Waals surface area (Å²) in [6, 6.07) is 0.529. The van der Waals surface area contributed by atoms with E-state index < -0.39 is 5.67 Å². The molecule has 3 heteroatoms. The van der Waals surface area contributed by atoms with Gasteiger partial charge in [0.25, 0.3) is 0 Å². The molecular weight excluding hydrogens is 155 g/mol. The maximum Gasteiger partial charge on any atom is 0.123 e. The van der Waals surface area contributed by atoms with Crippen LogP contribution in [0.2, 0.25) is 0 Å². The molecule has 1 saturated carbocycles. The van der Waals surface area contributed by atoms with Crippen molar-refractivity contribution in [2.45, 2.75) is 31.5 Å². The van der Waals surface area contributed by atoms with Crippen molar-refractivity contribution in [1.29, 1.82) is 0 Å². The molecule has 0 aromatic rings. The fourth-order valence-corrected chi connectivity index (χ4v) is 1.85. The first-order chi connectivity index (χ1) is 5.68. The minimum absolute atomic E-state index is 0.529. The monoisotopic (exact) mass is 172 g/mol. The van der Waals surface area contributed by atoms with Crippen LogP contribution >= 0.6 is 0 Å². The number of nitrogens with one attached hydrogen (secondary N) is 1. The Morgan fingerprint density at radius 3 is 2.92 bits per heavy atom. The van der Waals surface area contributed by atoms with E-state index in [-0.39, 0.29) is 0 Å². The van der Waals surface area contributed by atoms with Crippen molar-refractivity contribution in [3.8, 4) is 0 Å². The normalized spacial score (nSPS) is 35.0. The third-order valence-corrected chi connectivity index (χ3v) is 2.75. The second-order valence-corrected chi connectivity index (χ2v) is 4.24. The standard InChI is InChI=1S/C9H17FN2/c1-8-6-12(5-4-11-8)7-9(10)2-3-9/h8,11H,2-7H2,1H3. The number of halogens is 1. The van der Waals surface area contributed by atoms with Crippen LogP contribution < -0.4 is 5.32 Å². The molecule has 0 bridgehead atoms. The summed E-state index contributed by atoms with van der Waals surface area (Å²) in [5.74, 6) is 0. The van der Waals surface area contributed by atoms with Crippen LogP contribution in [0.25, 0.3) is 0 Å².